The lowest BCUT2D eigenvalue weighted by Gasteiger charge is -2.39. The van der Waals surface area contributed by atoms with Crippen LogP contribution in [-0.2, 0) is 11.3 Å². The number of hydrogen-bond donors (Lipinski definition) is 0. The Bertz CT molecular complexity index is 613. The van der Waals surface area contributed by atoms with Gasteiger partial charge in [0.2, 0.25) is 0 Å². The minimum atomic E-state index is -4.52. The number of ether oxygens (including phenoxy) is 1. The van der Waals surface area contributed by atoms with Crippen molar-refractivity contribution in [1.82, 2.24) is 9.80 Å². The van der Waals surface area contributed by atoms with Crippen molar-refractivity contribution in [3.8, 4) is 0 Å². The van der Waals surface area contributed by atoms with E-state index < -0.39 is 18.4 Å². The third-order valence-corrected chi connectivity index (χ3v) is 5.59. The molecule has 2 saturated heterocycles. The van der Waals surface area contributed by atoms with Crippen LogP contribution in [0.1, 0.15) is 31.7 Å². The summed E-state index contributed by atoms with van der Waals surface area (Å²) < 4.78 is 42.2. The number of nitrogens with zero attached hydrogens (tertiary/aromatic N) is 2. The van der Waals surface area contributed by atoms with E-state index >= 15 is 0 Å². The van der Waals surface area contributed by atoms with Crippen molar-refractivity contribution < 1.29 is 22.7 Å². The number of carbonyl (C=O) groups excluding carboxylic acids is 1. The zero-order chi connectivity index (χ0) is 18.8. The van der Waals surface area contributed by atoms with E-state index in [9.17, 15) is 18.0 Å². The molecule has 0 bridgehead atoms. The highest BCUT2D eigenvalue weighted by molar-refractivity contribution is 5.68. The molecule has 1 spiro atoms. The van der Waals surface area contributed by atoms with Crippen LogP contribution in [0.2, 0.25) is 0 Å². The van der Waals surface area contributed by atoms with Gasteiger partial charge >= 0.3 is 12.3 Å². The number of amides is 1. The molecular weight excluding hydrogens is 345 g/mol. The topological polar surface area (TPSA) is 32.8 Å². The van der Waals surface area contributed by atoms with Crippen molar-refractivity contribution in [2.45, 2.75) is 45.0 Å². The molecule has 26 heavy (non-hydrogen) atoms. The molecule has 1 amide bonds. The summed E-state index contributed by atoms with van der Waals surface area (Å²) in [5.74, 6) is 0. The lowest BCUT2D eigenvalue weighted by molar-refractivity contribution is -0.200. The van der Waals surface area contributed by atoms with E-state index in [0.717, 1.165) is 45.8 Å². The molecule has 7 heteroatoms. The van der Waals surface area contributed by atoms with Crippen LogP contribution in [0.25, 0.3) is 0 Å². The van der Waals surface area contributed by atoms with Crippen molar-refractivity contribution in [2.24, 2.45) is 5.41 Å². The minimum Gasteiger partial charge on any atom is -0.437 e. The monoisotopic (exact) mass is 370 g/mol. The van der Waals surface area contributed by atoms with Gasteiger partial charge in [0.05, 0.1) is 0 Å². The molecule has 1 aromatic rings. The van der Waals surface area contributed by atoms with Crippen molar-refractivity contribution in [1.29, 1.82) is 0 Å². The molecule has 2 aliphatic rings. The van der Waals surface area contributed by atoms with Gasteiger partial charge in [-0.05, 0) is 43.7 Å². The number of piperidine rings is 1. The largest absolute Gasteiger partial charge is 0.437 e. The Kier molecular flexibility index (Phi) is 5.46. The molecule has 2 heterocycles. The summed E-state index contributed by atoms with van der Waals surface area (Å²) in [4.78, 5) is 15.8. The van der Waals surface area contributed by atoms with Crippen LogP contribution in [-0.4, -0.2) is 54.4 Å². The molecule has 1 atom stereocenters. The molecule has 1 unspecified atom stereocenters. The van der Waals surface area contributed by atoms with Crippen molar-refractivity contribution >= 4 is 6.09 Å². The number of alkyl halides is 3. The molecule has 1 aromatic carbocycles. The number of likely N-dealkylation sites (tertiary alicyclic amines) is 2. The minimum absolute atomic E-state index is 0.168. The molecule has 0 N–H and O–H groups in total. The van der Waals surface area contributed by atoms with Crippen molar-refractivity contribution in [2.75, 3.05) is 26.2 Å². The second kappa shape index (κ2) is 7.47. The zero-order valence-electron chi connectivity index (χ0n) is 15.0. The van der Waals surface area contributed by atoms with Crippen molar-refractivity contribution in [3.05, 3.63) is 35.9 Å². The number of benzene rings is 1. The maximum Gasteiger partial charge on any atom is 0.425 e. The molecule has 2 fully saturated rings. The lowest BCUT2D eigenvalue weighted by Crippen LogP contribution is -2.46. The summed E-state index contributed by atoms with van der Waals surface area (Å²) in [5, 5.41) is 0. The van der Waals surface area contributed by atoms with E-state index in [1.165, 1.54) is 10.5 Å². The van der Waals surface area contributed by atoms with Crippen LogP contribution in [0.3, 0.4) is 0 Å². The summed E-state index contributed by atoms with van der Waals surface area (Å²) in [5.41, 5.74) is 1.45. The van der Waals surface area contributed by atoms with Crippen LogP contribution < -0.4 is 0 Å². The van der Waals surface area contributed by atoms with Gasteiger partial charge in [-0.3, -0.25) is 4.90 Å². The Morgan fingerprint density at radius 2 is 1.77 bits per heavy atom. The highest BCUT2D eigenvalue weighted by Crippen LogP contribution is 2.41. The molecule has 4 nitrogen and oxygen atoms in total. The molecule has 0 aliphatic carbocycles. The Morgan fingerprint density at radius 3 is 2.38 bits per heavy atom. The van der Waals surface area contributed by atoms with Crippen LogP contribution in [0.15, 0.2) is 30.3 Å². The fourth-order valence-corrected chi connectivity index (χ4v) is 3.87. The third kappa shape index (κ3) is 4.50. The Hall–Kier alpha value is -1.76. The molecule has 2 aliphatic heterocycles. The Balaban J connectivity index is 1.48. The number of halogens is 3. The van der Waals surface area contributed by atoms with Crippen LogP contribution in [0.4, 0.5) is 18.0 Å². The summed E-state index contributed by atoms with van der Waals surface area (Å²) in [7, 11) is 0. The number of carbonyl (C=O) groups is 1. The Morgan fingerprint density at radius 1 is 1.15 bits per heavy atom. The van der Waals surface area contributed by atoms with Gasteiger partial charge in [-0.15, -0.1) is 0 Å². The van der Waals surface area contributed by atoms with Gasteiger partial charge in [0.1, 0.15) is 0 Å². The van der Waals surface area contributed by atoms with Gasteiger partial charge in [-0.1, -0.05) is 30.3 Å². The van der Waals surface area contributed by atoms with Crippen LogP contribution in [0, 0.1) is 5.41 Å². The van der Waals surface area contributed by atoms with Crippen molar-refractivity contribution in [3.63, 3.8) is 0 Å². The van der Waals surface area contributed by atoms with Gasteiger partial charge < -0.3 is 9.64 Å². The Labute approximate surface area is 151 Å². The average Bonchev–Trinajstić information content (AvgIpc) is 2.97. The quantitative estimate of drug-likeness (QED) is 0.804. The van der Waals surface area contributed by atoms with Gasteiger partial charge in [0.25, 0.3) is 0 Å². The van der Waals surface area contributed by atoms with E-state index in [0.29, 0.717) is 13.1 Å². The van der Waals surface area contributed by atoms with E-state index in [1.54, 1.807) is 0 Å². The maximum absolute atomic E-state index is 12.5. The second-order valence-corrected chi connectivity index (χ2v) is 7.50. The molecule has 0 aromatic heterocycles. The zero-order valence-corrected chi connectivity index (χ0v) is 15.0. The van der Waals surface area contributed by atoms with Gasteiger partial charge in [0.15, 0.2) is 6.10 Å². The fourth-order valence-electron chi connectivity index (χ4n) is 3.87. The highest BCUT2D eigenvalue weighted by Gasteiger charge is 2.43. The molecule has 144 valence electrons. The van der Waals surface area contributed by atoms with E-state index in [-0.39, 0.29) is 5.41 Å². The first-order valence-corrected chi connectivity index (χ1v) is 9.06. The summed E-state index contributed by atoms with van der Waals surface area (Å²) in [6.07, 6.45) is -4.75. The summed E-state index contributed by atoms with van der Waals surface area (Å²) in [6.45, 7) is 4.69. The average molecular weight is 370 g/mol. The van der Waals surface area contributed by atoms with Crippen LogP contribution >= 0.6 is 0 Å². The molecular formula is C19H25F3N2O2. The molecule has 3 rings (SSSR count). The highest BCUT2D eigenvalue weighted by atomic mass is 19.4. The normalized spacial score (nSPS) is 21.8. The lowest BCUT2D eigenvalue weighted by atomic mass is 9.78. The predicted molar refractivity (Wildman–Crippen MR) is 91.6 cm³/mol. The van der Waals surface area contributed by atoms with Gasteiger partial charge in [0, 0.05) is 26.2 Å². The molecule has 0 radical (unpaired) electrons. The van der Waals surface area contributed by atoms with Crippen LogP contribution in [0.5, 0.6) is 0 Å². The van der Waals surface area contributed by atoms with Gasteiger partial charge in [-0.25, -0.2) is 4.79 Å². The first kappa shape index (κ1) is 19.0. The standard InChI is InChI=1S/C19H25F3N2O2/c1-15(19(20,21)22)26-17(25)24-11-8-18(9-12-24)7-10-23(14-18)13-16-5-3-2-4-6-16/h2-6,15H,7-14H2,1H3. The first-order chi connectivity index (χ1) is 12.3. The second-order valence-electron chi connectivity index (χ2n) is 7.50. The number of hydrogen-bond acceptors (Lipinski definition) is 3. The predicted octanol–water partition coefficient (Wildman–Crippen LogP) is 4.06. The summed E-state index contributed by atoms with van der Waals surface area (Å²) >= 11 is 0. The van der Waals surface area contributed by atoms with Gasteiger partial charge in [-0.2, -0.15) is 13.2 Å². The smallest absolute Gasteiger partial charge is 0.425 e. The van der Waals surface area contributed by atoms with E-state index in [4.69, 9.17) is 0 Å². The first-order valence-electron chi connectivity index (χ1n) is 9.06. The number of rotatable bonds is 3. The fraction of sp³-hybridized carbons (Fsp3) is 0.632. The van der Waals surface area contributed by atoms with E-state index in [1.807, 2.05) is 18.2 Å². The summed E-state index contributed by atoms with van der Waals surface area (Å²) in [6, 6.07) is 10.3. The molecule has 0 saturated carbocycles. The van der Waals surface area contributed by atoms with E-state index in [2.05, 4.69) is 21.8 Å². The maximum atomic E-state index is 12.5. The third-order valence-electron chi connectivity index (χ3n) is 5.59. The SMILES string of the molecule is CC(OC(=O)N1CCC2(CCN(Cc3ccccc3)C2)CC1)C(F)(F)F.